The molecule has 1 atom stereocenters. The maximum absolute atomic E-state index is 12.8. The molecule has 1 amide bonds. The first-order chi connectivity index (χ1) is 9.77. The van der Waals surface area contributed by atoms with Crippen molar-refractivity contribution in [2.45, 2.75) is 31.7 Å². The van der Waals surface area contributed by atoms with Crippen LogP contribution in [0.1, 0.15) is 25.7 Å². The molecule has 4 nitrogen and oxygen atoms in total. The van der Waals surface area contributed by atoms with E-state index in [0.29, 0.717) is 0 Å². The second kappa shape index (κ2) is 5.83. The first-order valence-corrected chi connectivity index (χ1v) is 7.62. The van der Waals surface area contributed by atoms with Crippen molar-refractivity contribution in [3.05, 3.63) is 24.3 Å². The van der Waals surface area contributed by atoms with E-state index in [1.165, 1.54) is 12.8 Å². The second-order valence-corrected chi connectivity index (χ2v) is 5.76. The molecule has 0 saturated carbocycles. The fourth-order valence-electron chi connectivity index (χ4n) is 3.16. The van der Waals surface area contributed by atoms with E-state index >= 15 is 0 Å². The molecule has 2 heterocycles. The van der Waals surface area contributed by atoms with Crippen LogP contribution in [0.4, 0.5) is 11.4 Å². The summed E-state index contributed by atoms with van der Waals surface area (Å²) in [7, 11) is 2.09. The van der Waals surface area contributed by atoms with E-state index in [2.05, 4.69) is 29.4 Å². The van der Waals surface area contributed by atoms with Gasteiger partial charge in [-0.15, -0.1) is 0 Å². The molecule has 0 bridgehead atoms. The fourth-order valence-corrected chi connectivity index (χ4v) is 3.16. The van der Waals surface area contributed by atoms with Crippen LogP contribution in [0.3, 0.4) is 0 Å². The van der Waals surface area contributed by atoms with Crippen LogP contribution < -0.4 is 15.1 Å². The molecular weight excluding hydrogens is 250 g/mol. The highest BCUT2D eigenvalue weighted by atomic mass is 16.2. The lowest BCUT2D eigenvalue weighted by atomic mass is 10.1. The van der Waals surface area contributed by atoms with Crippen molar-refractivity contribution < 1.29 is 4.79 Å². The fraction of sp³-hybridized carbons (Fsp3) is 0.562. The number of amides is 1. The molecule has 2 aliphatic heterocycles. The number of nitrogens with one attached hydrogen (secondary N) is 1. The predicted octanol–water partition coefficient (Wildman–Crippen LogP) is 2.00. The Morgan fingerprint density at radius 1 is 1.15 bits per heavy atom. The summed E-state index contributed by atoms with van der Waals surface area (Å²) < 4.78 is 0. The maximum atomic E-state index is 12.8. The molecule has 1 aromatic carbocycles. The Hall–Kier alpha value is -1.55. The van der Waals surface area contributed by atoms with Crippen molar-refractivity contribution in [3.63, 3.8) is 0 Å². The highest BCUT2D eigenvalue weighted by Gasteiger charge is 2.30. The third kappa shape index (κ3) is 2.52. The van der Waals surface area contributed by atoms with Crippen LogP contribution in [0.2, 0.25) is 0 Å². The van der Waals surface area contributed by atoms with Crippen LogP contribution in [-0.2, 0) is 4.79 Å². The van der Waals surface area contributed by atoms with Gasteiger partial charge in [0, 0.05) is 20.1 Å². The molecule has 1 unspecified atom stereocenters. The van der Waals surface area contributed by atoms with Gasteiger partial charge in [-0.05, 0) is 31.5 Å². The molecular formula is C16H23N3O. The van der Waals surface area contributed by atoms with Gasteiger partial charge in [0.25, 0.3) is 0 Å². The number of carbonyl (C=O) groups is 1. The molecule has 20 heavy (non-hydrogen) atoms. The molecule has 0 aliphatic carbocycles. The van der Waals surface area contributed by atoms with E-state index in [0.717, 1.165) is 43.9 Å². The van der Waals surface area contributed by atoms with Crippen molar-refractivity contribution in [3.8, 4) is 0 Å². The van der Waals surface area contributed by atoms with Gasteiger partial charge in [0.1, 0.15) is 0 Å². The Labute approximate surface area is 120 Å². The zero-order valence-electron chi connectivity index (χ0n) is 12.1. The first-order valence-electron chi connectivity index (χ1n) is 7.62. The van der Waals surface area contributed by atoms with Gasteiger partial charge in [0.15, 0.2) is 0 Å². The molecule has 0 radical (unpaired) electrons. The summed E-state index contributed by atoms with van der Waals surface area (Å²) in [5, 5.41) is 3.42. The second-order valence-electron chi connectivity index (χ2n) is 5.76. The Bertz CT molecular complexity index is 480. The zero-order chi connectivity index (χ0) is 13.9. The number of para-hydroxylation sites is 2. The van der Waals surface area contributed by atoms with Crippen LogP contribution in [-0.4, -0.2) is 38.6 Å². The standard InChI is InChI=1S/C16H23N3O/c1-18-11-12-19(15-9-5-4-8-14(15)18)16(20)13-7-3-2-6-10-17-13/h4-5,8-9,13,17H,2-3,6-7,10-12H2,1H3. The van der Waals surface area contributed by atoms with Gasteiger partial charge < -0.3 is 15.1 Å². The van der Waals surface area contributed by atoms with Crippen LogP contribution >= 0.6 is 0 Å². The Morgan fingerprint density at radius 2 is 1.95 bits per heavy atom. The third-order valence-corrected chi connectivity index (χ3v) is 4.37. The molecule has 2 aliphatic rings. The number of hydrogen-bond acceptors (Lipinski definition) is 3. The molecule has 1 aromatic rings. The number of carbonyl (C=O) groups excluding carboxylic acids is 1. The molecule has 108 valence electrons. The van der Waals surface area contributed by atoms with Crippen molar-refractivity contribution in [1.29, 1.82) is 0 Å². The van der Waals surface area contributed by atoms with Crippen molar-refractivity contribution >= 4 is 17.3 Å². The normalized spacial score (nSPS) is 23.1. The summed E-state index contributed by atoms with van der Waals surface area (Å²) in [4.78, 5) is 17.0. The van der Waals surface area contributed by atoms with E-state index in [9.17, 15) is 4.79 Å². The summed E-state index contributed by atoms with van der Waals surface area (Å²) >= 11 is 0. The summed E-state index contributed by atoms with van der Waals surface area (Å²) in [6.45, 7) is 2.64. The monoisotopic (exact) mass is 273 g/mol. The zero-order valence-corrected chi connectivity index (χ0v) is 12.1. The Morgan fingerprint density at radius 3 is 2.80 bits per heavy atom. The van der Waals surface area contributed by atoms with Gasteiger partial charge >= 0.3 is 0 Å². The lowest BCUT2D eigenvalue weighted by Gasteiger charge is -2.37. The van der Waals surface area contributed by atoms with Gasteiger partial charge in [0.05, 0.1) is 17.4 Å². The topological polar surface area (TPSA) is 35.6 Å². The average Bonchev–Trinajstić information content (AvgIpc) is 2.76. The molecule has 0 aromatic heterocycles. The van der Waals surface area contributed by atoms with Gasteiger partial charge in [-0.2, -0.15) is 0 Å². The van der Waals surface area contributed by atoms with Gasteiger partial charge in [-0.25, -0.2) is 0 Å². The minimum absolute atomic E-state index is 0.00559. The van der Waals surface area contributed by atoms with Crippen molar-refractivity contribution in [1.82, 2.24) is 5.32 Å². The highest BCUT2D eigenvalue weighted by molar-refractivity contribution is 6.00. The van der Waals surface area contributed by atoms with Gasteiger partial charge in [-0.3, -0.25) is 4.79 Å². The van der Waals surface area contributed by atoms with E-state index < -0.39 is 0 Å². The Balaban J connectivity index is 1.83. The number of hydrogen-bond donors (Lipinski definition) is 1. The smallest absolute Gasteiger partial charge is 0.244 e. The van der Waals surface area contributed by atoms with E-state index in [1.807, 2.05) is 17.0 Å². The molecule has 1 N–H and O–H groups in total. The highest BCUT2D eigenvalue weighted by Crippen LogP contribution is 2.32. The summed E-state index contributed by atoms with van der Waals surface area (Å²) in [6, 6.07) is 8.19. The Kier molecular flexibility index (Phi) is 3.92. The first kappa shape index (κ1) is 13.4. The summed E-state index contributed by atoms with van der Waals surface area (Å²) in [6.07, 6.45) is 4.53. The summed E-state index contributed by atoms with van der Waals surface area (Å²) in [5.41, 5.74) is 2.21. The SMILES string of the molecule is CN1CCN(C(=O)C2CCCCCN2)c2ccccc21. The van der Waals surface area contributed by atoms with Crippen LogP contribution in [0.5, 0.6) is 0 Å². The minimum Gasteiger partial charge on any atom is -0.371 e. The number of rotatable bonds is 1. The molecule has 0 spiro atoms. The maximum Gasteiger partial charge on any atom is 0.244 e. The third-order valence-electron chi connectivity index (χ3n) is 4.37. The minimum atomic E-state index is -0.00559. The lowest BCUT2D eigenvalue weighted by molar-refractivity contribution is -0.120. The number of likely N-dealkylation sites (N-methyl/N-ethyl adjacent to an activating group) is 1. The van der Waals surface area contributed by atoms with Gasteiger partial charge in [0.2, 0.25) is 5.91 Å². The van der Waals surface area contributed by atoms with E-state index in [1.54, 1.807) is 0 Å². The predicted molar refractivity (Wildman–Crippen MR) is 82.3 cm³/mol. The molecule has 3 rings (SSSR count). The molecule has 4 heteroatoms. The number of nitrogens with zero attached hydrogens (tertiary/aromatic N) is 2. The van der Waals surface area contributed by atoms with Crippen molar-refractivity contribution in [2.75, 3.05) is 36.5 Å². The van der Waals surface area contributed by atoms with Crippen LogP contribution in [0.25, 0.3) is 0 Å². The number of fused-ring (bicyclic) bond motifs is 1. The van der Waals surface area contributed by atoms with Gasteiger partial charge in [-0.1, -0.05) is 25.0 Å². The number of benzene rings is 1. The largest absolute Gasteiger partial charge is 0.371 e. The quantitative estimate of drug-likeness (QED) is 0.850. The molecule has 1 saturated heterocycles. The number of anilines is 2. The lowest BCUT2D eigenvalue weighted by Crippen LogP contribution is -2.50. The van der Waals surface area contributed by atoms with E-state index in [-0.39, 0.29) is 11.9 Å². The molecule has 1 fully saturated rings. The summed E-state index contributed by atoms with van der Waals surface area (Å²) in [5.74, 6) is 0.243. The van der Waals surface area contributed by atoms with Crippen molar-refractivity contribution in [2.24, 2.45) is 0 Å². The van der Waals surface area contributed by atoms with E-state index in [4.69, 9.17) is 0 Å². The van der Waals surface area contributed by atoms with Crippen LogP contribution in [0, 0.1) is 0 Å². The average molecular weight is 273 g/mol. The van der Waals surface area contributed by atoms with Crippen LogP contribution in [0.15, 0.2) is 24.3 Å².